The van der Waals surface area contributed by atoms with Crippen LogP contribution in [0.4, 0.5) is 8.78 Å². The highest BCUT2D eigenvalue weighted by molar-refractivity contribution is 5.18. The second-order valence-electron chi connectivity index (χ2n) is 3.67. The Morgan fingerprint density at radius 3 is 2.44 bits per heavy atom. The van der Waals surface area contributed by atoms with E-state index in [2.05, 4.69) is 11.2 Å². The molecule has 0 fully saturated rings. The van der Waals surface area contributed by atoms with Gasteiger partial charge in [0.05, 0.1) is 6.04 Å². The average molecular weight is 223 g/mol. The van der Waals surface area contributed by atoms with Gasteiger partial charge in [-0.05, 0) is 24.1 Å². The van der Waals surface area contributed by atoms with Crippen molar-refractivity contribution in [3.63, 3.8) is 0 Å². The topological polar surface area (TPSA) is 12.0 Å². The van der Waals surface area contributed by atoms with Gasteiger partial charge in [-0.25, -0.2) is 8.78 Å². The molecule has 1 N–H and O–H groups in total. The highest BCUT2D eigenvalue weighted by Gasteiger charge is 2.04. The molecule has 0 radical (unpaired) electrons. The minimum absolute atomic E-state index is 0.0451. The summed E-state index contributed by atoms with van der Waals surface area (Å²) in [6.07, 6.45) is 7.15. The number of benzene rings is 1. The Balaban J connectivity index is 2.57. The Bertz CT molecular complexity index is 362. The smallest absolute Gasteiger partial charge is 0.126 e. The summed E-state index contributed by atoms with van der Waals surface area (Å²) in [5.41, 5.74) is 0.564. The molecule has 1 aromatic rings. The van der Waals surface area contributed by atoms with E-state index in [0.29, 0.717) is 12.1 Å². The fourth-order valence-electron chi connectivity index (χ4n) is 1.49. The van der Waals surface area contributed by atoms with E-state index in [1.165, 1.54) is 12.1 Å². The highest BCUT2D eigenvalue weighted by atomic mass is 19.1. The minimum atomic E-state index is -0.565. The summed E-state index contributed by atoms with van der Waals surface area (Å²) >= 11 is 0. The first-order valence-electron chi connectivity index (χ1n) is 5.30. The summed E-state index contributed by atoms with van der Waals surface area (Å²) in [5.74, 6) is 1.47. The second-order valence-corrected chi connectivity index (χ2v) is 3.67. The van der Waals surface area contributed by atoms with E-state index in [0.717, 1.165) is 18.9 Å². The molecule has 0 amide bonds. The van der Waals surface area contributed by atoms with Crippen LogP contribution in [0.5, 0.6) is 0 Å². The second kappa shape index (κ2) is 6.24. The molecule has 1 aromatic carbocycles. The van der Waals surface area contributed by atoms with Crippen molar-refractivity contribution in [1.82, 2.24) is 5.32 Å². The van der Waals surface area contributed by atoms with Gasteiger partial charge in [-0.2, -0.15) is 0 Å². The largest absolute Gasteiger partial charge is 0.300 e. The van der Waals surface area contributed by atoms with Crippen molar-refractivity contribution >= 4 is 0 Å². The van der Waals surface area contributed by atoms with Gasteiger partial charge in [0.1, 0.15) is 11.6 Å². The lowest BCUT2D eigenvalue weighted by molar-refractivity contribution is 0.549. The third-order valence-corrected chi connectivity index (χ3v) is 2.25. The minimum Gasteiger partial charge on any atom is -0.300 e. The molecule has 1 atom stereocenters. The third kappa shape index (κ3) is 4.00. The van der Waals surface area contributed by atoms with Crippen LogP contribution in [0.25, 0.3) is 0 Å². The van der Waals surface area contributed by atoms with Crippen LogP contribution < -0.4 is 5.32 Å². The molecule has 0 aliphatic rings. The Labute approximate surface area is 94.9 Å². The Hall–Kier alpha value is -1.40. The zero-order valence-corrected chi connectivity index (χ0v) is 9.26. The maximum absolute atomic E-state index is 12.9. The molecular weight excluding hydrogens is 208 g/mol. The van der Waals surface area contributed by atoms with E-state index in [4.69, 9.17) is 6.42 Å². The van der Waals surface area contributed by atoms with Crippen LogP contribution in [0, 0.1) is 24.0 Å². The van der Waals surface area contributed by atoms with E-state index in [9.17, 15) is 8.78 Å². The lowest BCUT2D eigenvalue weighted by Crippen LogP contribution is -2.26. The van der Waals surface area contributed by atoms with Crippen molar-refractivity contribution in [2.45, 2.75) is 32.4 Å². The highest BCUT2D eigenvalue weighted by Crippen LogP contribution is 2.08. The Morgan fingerprint density at radius 2 is 1.94 bits per heavy atom. The van der Waals surface area contributed by atoms with Gasteiger partial charge in [0, 0.05) is 12.6 Å². The van der Waals surface area contributed by atoms with E-state index in [1.807, 2.05) is 6.92 Å². The number of terminal acetylenes is 1. The SMILES string of the molecule is C#CC(CCC)NCc1cc(F)cc(F)c1. The quantitative estimate of drug-likeness (QED) is 0.757. The zero-order valence-electron chi connectivity index (χ0n) is 9.26. The first-order chi connectivity index (χ1) is 7.65. The molecule has 86 valence electrons. The molecule has 0 aliphatic heterocycles. The van der Waals surface area contributed by atoms with Crippen molar-refractivity contribution in [3.05, 3.63) is 35.4 Å². The summed E-state index contributed by atoms with van der Waals surface area (Å²) in [4.78, 5) is 0. The average Bonchev–Trinajstić information content (AvgIpc) is 2.23. The van der Waals surface area contributed by atoms with Crippen LogP contribution in [0.15, 0.2) is 18.2 Å². The summed E-state index contributed by atoms with van der Waals surface area (Å²) in [6, 6.07) is 3.41. The van der Waals surface area contributed by atoms with Crippen LogP contribution in [0.2, 0.25) is 0 Å². The molecule has 1 rings (SSSR count). The lowest BCUT2D eigenvalue weighted by Gasteiger charge is -2.11. The van der Waals surface area contributed by atoms with Crippen LogP contribution in [0.1, 0.15) is 25.3 Å². The maximum Gasteiger partial charge on any atom is 0.126 e. The van der Waals surface area contributed by atoms with E-state index in [1.54, 1.807) is 0 Å². The number of rotatable bonds is 5. The van der Waals surface area contributed by atoms with Crippen LogP contribution in [-0.4, -0.2) is 6.04 Å². The molecule has 1 nitrogen and oxygen atoms in total. The molecule has 0 saturated heterocycles. The van der Waals surface area contributed by atoms with Gasteiger partial charge in [-0.3, -0.25) is 5.32 Å². The van der Waals surface area contributed by atoms with Crippen molar-refractivity contribution in [2.75, 3.05) is 0 Å². The third-order valence-electron chi connectivity index (χ3n) is 2.25. The Kier molecular flexibility index (Phi) is 4.94. The van der Waals surface area contributed by atoms with Gasteiger partial charge in [-0.1, -0.05) is 19.3 Å². The van der Waals surface area contributed by atoms with Crippen molar-refractivity contribution in [2.24, 2.45) is 0 Å². The summed E-state index contributed by atoms with van der Waals surface area (Å²) in [5, 5.41) is 3.07. The molecule has 3 heteroatoms. The number of hydrogen-bond donors (Lipinski definition) is 1. The van der Waals surface area contributed by atoms with E-state index < -0.39 is 11.6 Å². The molecule has 16 heavy (non-hydrogen) atoms. The summed E-state index contributed by atoms with van der Waals surface area (Å²) in [6.45, 7) is 2.41. The Morgan fingerprint density at radius 1 is 1.31 bits per heavy atom. The molecular formula is C13H15F2N. The van der Waals surface area contributed by atoms with Gasteiger partial charge in [0.25, 0.3) is 0 Å². The monoisotopic (exact) mass is 223 g/mol. The molecule has 0 aromatic heterocycles. The lowest BCUT2D eigenvalue weighted by atomic mass is 10.1. The van der Waals surface area contributed by atoms with Crippen LogP contribution >= 0.6 is 0 Å². The van der Waals surface area contributed by atoms with Gasteiger partial charge < -0.3 is 0 Å². The van der Waals surface area contributed by atoms with E-state index in [-0.39, 0.29) is 6.04 Å². The van der Waals surface area contributed by atoms with Gasteiger partial charge in [0.2, 0.25) is 0 Å². The number of nitrogens with one attached hydrogen (secondary N) is 1. The molecule has 0 saturated carbocycles. The van der Waals surface area contributed by atoms with Crippen LogP contribution in [-0.2, 0) is 6.54 Å². The van der Waals surface area contributed by atoms with Crippen molar-refractivity contribution in [3.8, 4) is 12.3 Å². The summed E-state index contributed by atoms with van der Waals surface area (Å²) in [7, 11) is 0. The molecule has 0 aliphatic carbocycles. The van der Waals surface area contributed by atoms with Crippen molar-refractivity contribution in [1.29, 1.82) is 0 Å². The molecule has 1 unspecified atom stereocenters. The van der Waals surface area contributed by atoms with Gasteiger partial charge in [-0.15, -0.1) is 6.42 Å². The zero-order chi connectivity index (χ0) is 12.0. The normalized spacial score (nSPS) is 12.1. The molecule has 0 spiro atoms. The number of hydrogen-bond acceptors (Lipinski definition) is 1. The first-order valence-corrected chi connectivity index (χ1v) is 5.30. The van der Waals surface area contributed by atoms with Crippen molar-refractivity contribution < 1.29 is 8.78 Å². The number of halogens is 2. The predicted octanol–water partition coefficient (Wildman–Crippen LogP) is 2.86. The standard InChI is InChI=1S/C13H15F2N/c1-3-5-13(4-2)16-9-10-6-11(14)8-12(15)7-10/h2,6-8,13,16H,3,5,9H2,1H3. The maximum atomic E-state index is 12.9. The van der Waals surface area contributed by atoms with E-state index >= 15 is 0 Å². The fourth-order valence-corrected chi connectivity index (χ4v) is 1.49. The molecule has 0 bridgehead atoms. The molecule has 0 heterocycles. The fraction of sp³-hybridized carbons (Fsp3) is 0.385. The van der Waals surface area contributed by atoms with Gasteiger partial charge in [0.15, 0.2) is 0 Å². The van der Waals surface area contributed by atoms with Crippen LogP contribution in [0.3, 0.4) is 0 Å². The predicted molar refractivity (Wildman–Crippen MR) is 60.7 cm³/mol. The summed E-state index contributed by atoms with van der Waals surface area (Å²) < 4.78 is 25.7. The van der Waals surface area contributed by atoms with Gasteiger partial charge >= 0.3 is 0 Å². The first kappa shape index (κ1) is 12.7.